The second-order valence-corrected chi connectivity index (χ2v) is 7.51. The van der Waals surface area contributed by atoms with Crippen LogP contribution in [0.1, 0.15) is 58.8 Å². The quantitative estimate of drug-likeness (QED) is 0.808. The van der Waals surface area contributed by atoms with E-state index >= 15 is 0 Å². The van der Waals surface area contributed by atoms with Crippen LogP contribution in [0.5, 0.6) is 0 Å². The number of fused-ring (bicyclic) bond motifs is 1. The summed E-state index contributed by atoms with van der Waals surface area (Å²) in [5.74, 6) is 1.57. The molecule has 4 heteroatoms. The van der Waals surface area contributed by atoms with Gasteiger partial charge in [-0.1, -0.05) is 43.9 Å². The molecule has 2 aliphatic carbocycles. The van der Waals surface area contributed by atoms with Crippen molar-refractivity contribution in [2.45, 2.75) is 64.8 Å². The molecule has 3 nitrogen and oxygen atoms in total. The first-order valence-electron chi connectivity index (χ1n) is 9.63. The normalized spacial score (nSPS) is 29.2. The molecule has 1 heterocycles. The van der Waals surface area contributed by atoms with Crippen molar-refractivity contribution in [2.75, 3.05) is 19.6 Å². The molecule has 1 saturated heterocycles. The Hall–Kier alpha value is -0.800. The topological polar surface area (TPSA) is 32.3 Å². The van der Waals surface area contributed by atoms with Gasteiger partial charge in [-0.05, 0) is 51.0 Å². The van der Waals surface area contributed by atoms with Crippen molar-refractivity contribution in [3.8, 4) is 0 Å². The average molecular weight is 353 g/mol. The van der Waals surface area contributed by atoms with Crippen molar-refractivity contribution in [2.24, 2.45) is 11.8 Å². The Labute approximate surface area is 153 Å². The van der Waals surface area contributed by atoms with Crippen molar-refractivity contribution in [3.63, 3.8) is 0 Å². The van der Waals surface area contributed by atoms with Gasteiger partial charge in [0.15, 0.2) is 0 Å². The molecule has 0 aromatic carbocycles. The third-order valence-electron chi connectivity index (χ3n) is 6.03. The fourth-order valence-corrected chi connectivity index (χ4v) is 4.56. The van der Waals surface area contributed by atoms with E-state index in [1.54, 1.807) is 0 Å². The van der Waals surface area contributed by atoms with Gasteiger partial charge in [0.05, 0.1) is 0 Å². The first kappa shape index (κ1) is 19.5. The van der Waals surface area contributed by atoms with Gasteiger partial charge in [0.1, 0.15) is 0 Å². The van der Waals surface area contributed by atoms with E-state index < -0.39 is 0 Å². The van der Waals surface area contributed by atoms with Crippen LogP contribution in [0.25, 0.3) is 0 Å². The molecule has 3 atom stereocenters. The van der Waals surface area contributed by atoms with Gasteiger partial charge in [0.2, 0.25) is 0 Å². The largest absolute Gasteiger partial charge is 0.334 e. The van der Waals surface area contributed by atoms with Crippen LogP contribution in [-0.4, -0.2) is 36.5 Å². The van der Waals surface area contributed by atoms with E-state index in [1.807, 2.05) is 0 Å². The predicted octanol–water partition coefficient (Wildman–Crippen LogP) is 4.09. The second-order valence-electron chi connectivity index (χ2n) is 7.51. The molecule has 136 valence electrons. The fraction of sp³-hybridized carbons (Fsp3) is 0.750. The summed E-state index contributed by atoms with van der Waals surface area (Å²) in [7, 11) is 0. The number of amides is 1. The minimum absolute atomic E-state index is 0. The lowest BCUT2D eigenvalue weighted by atomic mass is 9.71. The molecule has 1 N–H and O–H groups in total. The highest BCUT2D eigenvalue weighted by molar-refractivity contribution is 5.97. The highest BCUT2D eigenvalue weighted by Crippen LogP contribution is 2.40. The third kappa shape index (κ3) is 4.05. The van der Waals surface area contributed by atoms with E-state index in [-0.39, 0.29) is 18.3 Å². The van der Waals surface area contributed by atoms with Crippen molar-refractivity contribution < 1.29 is 4.79 Å². The number of allylic oxidation sites excluding steroid dienone is 2. The van der Waals surface area contributed by atoms with Crippen molar-refractivity contribution in [1.29, 1.82) is 0 Å². The molecule has 1 aliphatic heterocycles. The van der Waals surface area contributed by atoms with E-state index in [0.717, 1.165) is 44.5 Å². The molecule has 0 aromatic heterocycles. The molecule has 0 aromatic rings. The van der Waals surface area contributed by atoms with Crippen LogP contribution in [0.3, 0.4) is 0 Å². The molecule has 0 spiro atoms. The van der Waals surface area contributed by atoms with E-state index in [0.29, 0.717) is 17.9 Å². The van der Waals surface area contributed by atoms with Crippen LogP contribution in [0.4, 0.5) is 0 Å². The molecule has 0 bridgehead atoms. The maximum atomic E-state index is 13.3. The van der Waals surface area contributed by atoms with Crippen LogP contribution in [0.2, 0.25) is 0 Å². The highest BCUT2D eigenvalue weighted by atomic mass is 35.5. The number of hydrogen-bond donors (Lipinski definition) is 1. The van der Waals surface area contributed by atoms with Crippen LogP contribution < -0.4 is 5.32 Å². The summed E-state index contributed by atoms with van der Waals surface area (Å²) < 4.78 is 0. The summed E-state index contributed by atoms with van der Waals surface area (Å²) in [4.78, 5) is 15.4. The van der Waals surface area contributed by atoms with Gasteiger partial charge >= 0.3 is 0 Å². The highest BCUT2D eigenvalue weighted by Gasteiger charge is 2.33. The summed E-state index contributed by atoms with van der Waals surface area (Å²) in [6.45, 7) is 7.31. The summed E-state index contributed by atoms with van der Waals surface area (Å²) >= 11 is 0. The number of carbonyl (C=O) groups excluding carboxylic acids is 1. The first-order chi connectivity index (χ1) is 11.2. The SMILES string of the molecule is CCCCN(C(=O)C1=C(C)C2CCCCC2C=C1)[C@@H]1CCNC1.Cl. The summed E-state index contributed by atoms with van der Waals surface area (Å²) in [6.07, 6.45) is 13.0. The summed E-state index contributed by atoms with van der Waals surface area (Å²) in [5, 5.41) is 3.42. The van der Waals surface area contributed by atoms with Crippen LogP contribution in [-0.2, 0) is 4.79 Å². The Bertz CT molecular complexity index is 494. The van der Waals surface area contributed by atoms with Gasteiger partial charge in [-0.25, -0.2) is 0 Å². The molecule has 2 unspecified atom stereocenters. The maximum Gasteiger partial charge on any atom is 0.254 e. The Balaban J connectivity index is 0.00000208. The minimum atomic E-state index is 0. The van der Waals surface area contributed by atoms with Crippen molar-refractivity contribution in [1.82, 2.24) is 10.2 Å². The lowest BCUT2D eigenvalue weighted by Crippen LogP contribution is -2.43. The number of unbranched alkanes of at least 4 members (excludes halogenated alkanes) is 1. The number of halogens is 1. The zero-order valence-electron chi connectivity index (χ0n) is 15.2. The summed E-state index contributed by atoms with van der Waals surface area (Å²) in [5.41, 5.74) is 2.35. The lowest BCUT2D eigenvalue weighted by Gasteiger charge is -2.36. The smallest absolute Gasteiger partial charge is 0.254 e. The second kappa shape index (κ2) is 9.05. The molecule has 24 heavy (non-hydrogen) atoms. The third-order valence-corrected chi connectivity index (χ3v) is 6.03. The van der Waals surface area contributed by atoms with Gasteiger partial charge in [-0.15, -0.1) is 12.4 Å². The van der Waals surface area contributed by atoms with Crippen LogP contribution >= 0.6 is 12.4 Å². The number of hydrogen-bond acceptors (Lipinski definition) is 2. The van der Waals surface area contributed by atoms with Gasteiger partial charge in [-0.2, -0.15) is 0 Å². The Kier molecular flexibility index (Phi) is 7.36. The molecule has 3 aliphatic rings. The Morgan fingerprint density at radius 1 is 1.29 bits per heavy atom. The Morgan fingerprint density at radius 2 is 2.08 bits per heavy atom. The van der Waals surface area contributed by atoms with E-state index in [9.17, 15) is 4.79 Å². The molecule has 1 saturated carbocycles. The predicted molar refractivity (Wildman–Crippen MR) is 102 cm³/mol. The minimum Gasteiger partial charge on any atom is -0.334 e. The Morgan fingerprint density at radius 3 is 2.79 bits per heavy atom. The van der Waals surface area contributed by atoms with Crippen LogP contribution in [0.15, 0.2) is 23.3 Å². The zero-order valence-corrected chi connectivity index (χ0v) is 16.0. The van der Waals surface area contributed by atoms with E-state index in [1.165, 1.54) is 31.3 Å². The van der Waals surface area contributed by atoms with Crippen molar-refractivity contribution in [3.05, 3.63) is 23.3 Å². The standard InChI is InChI=1S/C20H32N2O.ClH/c1-3-4-13-22(17-11-12-21-14-17)20(23)19-10-9-16-7-5-6-8-18(16)15(19)2;/h9-10,16-18,21H,3-8,11-14H2,1-2H3;1H/t16?,17-,18?;/m1./s1. The monoisotopic (exact) mass is 352 g/mol. The summed E-state index contributed by atoms with van der Waals surface area (Å²) in [6, 6.07) is 0.381. The average Bonchev–Trinajstić information content (AvgIpc) is 3.10. The van der Waals surface area contributed by atoms with Gasteiger partial charge < -0.3 is 10.2 Å². The van der Waals surface area contributed by atoms with Gasteiger partial charge in [0.25, 0.3) is 5.91 Å². The first-order valence-corrected chi connectivity index (χ1v) is 9.63. The fourth-order valence-electron chi connectivity index (χ4n) is 4.56. The molecule has 3 rings (SSSR count). The number of carbonyl (C=O) groups is 1. The number of rotatable bonds is 5. The van der Waals surface area contributed by atoms with Gasteiger partial charge in [-0.3, -0.25) is 4.79 Å². The zero-order chi connectivity index (χ0) is 16.2. The number of nitrogens with one attached hydrogen (secondary N) is 1. The molecule has 2 fully saturated rings. The number of nitrogens with zero attached hydrogens (tertiary/aromatic N) is 1. The van der Waals surface area contributed by atoms with Crippen molar-refractivity contribution >= 4 is 18.3 Å². The lowest BCUT2D eigenvalue weighted by molar-refractivity contribution is -0.129. The van der Waals surface area contributed by atoms with Gasteiger partial charge in [0, 0.05) is 24.7 Å². The molecule has 1 amide bonds. The molecular weight excluding hydrogens is 320 g/mol. The van der Waals surface area contributed by atoms with E-state index in [2.05, 4.69) is 36.2 Å². The molecular formula is C20H33ClN2O. The van der Waals surface area contributed by atoms with Crippen LogP contribution in [0, 0.1) is 11.8 Å². The molecule has 0 radical (unpaired) electrons. The maximum absolute atomic E-state index is 13.3. The van der Waals surface area contributed by atoms with E-state index in [4.69, 9.17) is 0 Å².